The Bertz CT molecular complexity index is 870. The Balaban J connectivity index is 1.89. The predicted octanol–water partition coefficient (Wildman–Crippen LogP) is 2.67. The summed E-state index contributed by atoms with van der Waals surface area (Å²) in [6, 6.07) is 7.86. The standard InChI is InChI=1S/C19H18F2N2O3/c20-15-8-14(17(24)9-16(15)21)11-3-1-4-12(7-11)19(26)23-6-2-5-13(10-23)18(22)25/h1,3-4,7-9,13,24H,2,5-6,10H2,(H2,22,25). The van der Waals surface area contributed by atoms with E-state index in [2.05, 4.69) is 0 Å². The number of halogens is 2. The Morgan fingerprint density at radius 1 is 1.15 bits per heavy atom. The summed E-state index contributed by atoms with van der Waals surface area (Å²) >= 11 is 0. The van der Waals surface area contributed by atoms with E-state index in [9.17, 15) is 23.5 Å². The molecular formula is C19H18F2N2O3. The van der Waals surface area contributed by atoms with Gasteiger partial charge >= 0.3 is 0 Å². The summed E-state index contributed by atoms with van der Waals surface area (Å²) in [4.78, 5) is 25.7. The van der Waals surface area contributed by atoms with Crippen molar-refractivity contribution >= 4 is 11.8 Å². The van der Waals surface area contributed by atoms with Crippen molar-refractivity contribution in [3.8, 4) is 16.9 Å². The van der Waals surface area contributed by atoms with Crippen molar-refractivity contribution in [1.29, 1.82) is 0 Å². The molecule has 2 aromatic rings. The number of piperidine rings is 1. The van der Waals surface area contributed by atoms with E-state index in [0.717, 1.165) is 6.07 Å². The molecule has 26 heavy (non-hydrogen) atoms. The van der Waals surface area contributed by atoms with Crippen LogP contribution >= 0.6 is 0 Å². The van der Waals surface area contributed by atoms with Gasteiger partial charge in [-0.2, -0.15) is 0 Å². The van der Waals surface area contributed by atoms with E-state index in [1.165, 1.54) is 6.07 Å². The van der Waals surface area contributed by atoms with Crippen LogP contribution in [0.2, 0.25) is 0 Å². The number of carbonyl (C=O) groups is 2. The Kier molecular flexibility index (Phi) is 4.88. The van der Waals surface area contributed by atoms with Gasteiger partial charge in [-0.25, -0.2) is 8.78 Å². The van der Waals surface area contributed by atoms with Gasteiger partial charge in [0.05, 0.1) is 5.92 Å². The Hall–Kier alpha value is -2.96. The number of phenolic OH excluding ortho intramolecular Hbond substituents is 1. The first kappa shape index (κ1) is 17.8. The minimum Gasteiger partial charge on any atom is -0.507 e. The third kappa shape index (κ3) is 3.51. The number of amides is 2. The van der Waals surface area contributed by atoms with Crippen LogP contribution in [0.15, 0.2) is 36.4 Å². The third-order valence-electron chi connectivity index (χ3n) is 4.57. The van der Waals surface area contributed by atoms with Gasteiger partial charge in [-0.1, -0.05) is 12.1 Å². The Labute approximate surface area is 149 Å². The first-order valence-corrected chi connectivity index (χ1v) is 8.24. The largest absolute Gasteiger partial charge is 0.507 e. The van der Waals surface area contributed by atoms with Crippen LogP contribution in [-0.4, -0.2) is 34.9 Å². The number of phenols is 1. The molecule has 1 heterocycles. The van der Waals surface area contributed by atoms with Gasteiger partial charge in [-0.15, -0.1) is 0 Å². The number of rotatable bonds is 3. The highest BCUT2D eigenvalue weighted by molar-refractivity contribution is 5.96. The fourth-order valence-electron chi connectivity index (χ4n) is 3.16. The maximum absolute atomic E-state index is 13.5. The topological polar surface area (TPSA) is 83.6 Å². The number of likely N-dealkylation sites (tertiary alicyclic amines) is 1. The Morgan fingerprint density at radius 2 is 1.88 bits per heavy atom. The average Bonchev–Trinajstić information content (AvgIpc) is 2.64. The van der Waals surface area contributed by atoms with Gasteiger partial charge in [-0.3, -0.25) is 9.59 Å². The molecular weight excluding hydrogens is 342 g/mol. The zero-order valence-electron chi connectivity index (χ0n) is 13.9. The smallest absolute Gasteiger partial charge is 0.253 e. The van der Waals surface area contributed by atoms with Crippen LogP contribution in [0.1, 0.15) is 23.2 Å². The summed E-state index contributed by atoms with van der Waals surface area (Å²) in [6.45, 7) is 0.776. The van der Waals surface area contributed by atoms with Crippen molar-refractivity contribution in [2.45, 2.75) is 12.8 Å². The van der Waals surface area contributed by atoms with Crippen molar-refractivity contribution in [2.75, 3.05) is 13.1 Å². The number of hydrogen-bond donors (Lipinski definition) is 2. The highest BCUT2D eigenvalue weighted by atomic mass is 19.2. The van der Waals surface area contributed by atoms with E-state index in [4.69, 9.17) is 5.73 Å². The number of hydrogen-bond acceptors (Lipinski definition) is 3. The number of aromatic hydroxyl groups is 1. The molecule has 3 rings (SSSR count). The molecule has 0 radical (unpaired) electrons. The lowest BCUT2D eigenvalue weighted by molar-refractivity contribution is -0.123. The average molecular weight is 360 g/mol. The molecule has 3 N–H and O–H groups in total. The minimum absolute atomic E-state index is 0.0900. The molecule has 0 spiro atoms. The summed E-state index contributed by atoms with van der Waals surface area (Å²) in [5, 5.41) is 9.89. The molecule has 1 aliphatic rings. The second-order valence-corrected chi connectivity index (χ2v) is 6.36. The van der Waals surface area contributed by atoms with Crippen LogP contribution in [0, 0.1) is 17.6 Å². The van der Waals surface area contributed by atoms with Crippen LogP contribution in [0.3, 0.4) is 0 Å². The maximum atomic E-state index is 13.5. The molecule has 1 aliphatic heterocycles. The van der Waals surface area contributed by atoms with E-state index in [0.29, 0.717) is 36.6 Å². The molecule has 136 valence electrons. The van der Waals surface area contributed by atoms with E-state index in [1.54, 1.807) is 23.1 Å². The summed E-state index contributed by atoms with van der Waals surface area (Å²) in [7, 11) is 0. The lowest BCUT2D eigenvalue weighted by atomic mass is 9.96. The van der Waals surface area contributed by atoms with Crippen LogP contribution in [0.25, 0.3) is 11.1 Å². The van der Waals surface area contributed by atoms with E-state index in [-0.39, 0.29) is 23.9 Å². The van der Waals surface area contributed by atoms with Crippen LogP contribution in [-0.2, 0) is 4.79 Å². The van der Waals surface area contributed by atoms with Crippen molar-refractivity contribution in [3.05, 3.63) is 53.6 Å². The highest BCUT2D eigenvalue weighted by Gasteiger charge is 2.27. The van der Waals surface area contributed by atoms with Crippen LogP contribution < -0.4 is 5.73 Å². The third-order valence-corrected chi connectivity index (χ3v) is 4.57. The van der Waals surface area contributed by atoms with Gasteiger partial charge in [0.25, 0.3) is 5.91 Å². The zero-order chi connectivity index (χ0) is 18.8. The number of benzene rings is 2. The molecule has 2 aromatic carbocycles. The van der Waals surface area contributed by atoms with Crippen molar-refractivity contribution < 1.29 is 23.5 Å². The summed E-state index contributed by atoms with van der Waals surface area (Å²) in [5.41, 5.74) is 6.15. The predicted molar refractivity (Wildman–Crippen MR) is 91.3 cm³/mol. The summed E-state index contributed by atoms with van der Waals surface area (Å²) < 4.78 is 26.7. The van der Waals surface area contributed by atoms with Crippen LogP contribution in [0.5, 0.6) is 5.75 Å². The monoisotopic (exact) mass is 360 g/mol. The normalized spacial score (nSPS) is 17.2. The molecule has 7 heteroatoms. The number of carbonyl (C=O) groups excluding carboxylic acids is 2. The first-order valence-electron chi connectivity index (χ1n) is 8.24. The van der Waals surface area contributed by atoms with Gasteiger partial charge in [0.15, 0.2) is 11.6 Å². The van der Waals surface area contributed by atoms with Gasteiger partial charge in [-0.05, 0) is 36.6 Å². The van der Waals surface area contributed by atoms with E-state index >= 15 is 0 Å². The zero-order valence-corrected chi connectivity index (χ0v) is 13.9. The van der Waals surface area contributed by atoms with E-state index in [1.807, 2.05) is 0 Å². The second kappa shape index (κ2) is 7.11. The molecule has 5 nitrogen and oxygen atoms in total. The quantitative estimate of drug-likeness (QED) is 0.883. The van der Waals surface area contributed by atoms with Crippen molar-refractivity contribution in [2.24, 2.45) is 11.7 Å². The number of primary amides is 1. The van der Waals surface area contributed by atoms with Crippen LogP contribution in [0.4, 0.5) is 8.78 Å². The minimum atomic E-state index is -1.15. The molecule has 1 unspecified atom stereocenters. The molecule has 1 saturated heterocycles. The lowest BCUT2D eigenvalue weighted by Gasteiger charge is -2.31. The maximum Gasteiger partial charge on any atom is 0.253 e. The summed E-state index contributed by atoms with van der Waals surface area (Å²) in [5.74, 6) is -3.73. The Morgan fingerprint density at radius 3 is 2.62 bits per heavy atom. The van der Waals surface area contributed by atoms with Gasteiger partial charge < -0.3 is 15.7 Å². The van der Waals surface area contributed by atoms with E-state index < -0.39 is 23.3 Å². The molecule has 2 amide bonds. The SMILES string of the molecule is NC(=O)C1CCCN(C(=O)c2cccc(-c3cc(F)c(F)cc3O)c2)C1. The first-order chi connectivity index (χ1) is 12.4. The summed E-state index contributed by atoms with van der Waals surface area (Å²) in [6.07, 6.45) is 1.34. The van der Waals surface area contributed by atoms with Crippen molar-refractivity contribution in [3.63, 3.8) is 0 Å². The fraction of sp³-hybridized carbons (Fsp3) is 0.263. The number of nitrogens with two attached hydrogens (primary N) is 1. The van der Waals surface area contributed by atoms with Gasteiger partial charge in [0.1, 0.15) is 5.75 Å². The number of nitrogens with zero attached hydrogens (tertiary/aromatic N) is 1. The highest BCUT2D eigenvalue weighted by Crippen LogP contribution is 2.32. The molecule has 0 aromatic heterocycles. The molecule has 0 aliphatic carbocycles. The molecule has 1 atom stereocenters. The molecule has 0 saturated carbocycles. The second-order valence-electron chi connectivity index (χ2n) is 6.36. The molecule has 0 bridgehead atoms. The lowest BCUT2D eigenvalue weighted by Crippen LogP contribution is -2.44. The van der Waals surface area contributed by atoms with Gasteiger partial charge in [0, 0.05) is 30.3 Å². The van der Waals surface area contributed by atoms with Gasteiger partial charge in [0.2, 0.25) is 5.91 Å². The molecule has 1 fully saturated rings. The fourth-order valence-corrected chi connectivity index (χ4v) is 3.16. The van der Waals surface area contributed by atoms with Crippen molar-refractivity contribution in [1.82, 2.24) is 4.90 Å².